The molecule has 20 heavy (non-hydrogen) atoms. The molecule has 3 atom stereocenters. The van der Waals surface area contributed by atoms with Gasteiger partial charge in [-0.05, 0) is 45.2 Å². The van der Waals surface area contributed by atoms with Gasteiger partial charge >= 0.3 is 0 Å². The molecule has 2 rings (SSSR count). The summed E-state index contributed by atoms with van der Waals surface area (Å²) in [6.07, 6.45) is 6.69. The van der Waals surface area contributed by atoms with Crippen LogP contribution in [-0.2, 0) is 0 Å². The number of fused-ring (bicyclic) bond motifs is 1. The summed E-state index contributed by atoms with van der Waals surface area (Å²) in [4.78, 5) is 7.28. The van der Waals surface area contributed by atoms with Gasteiger partial charge in [0.15, 0.2) is 5.17 Å². The van der Waals surface area contributed by atoms with E-state index in [9.17, 15) is 0 Å². The standard InChI is InChI=1S/C16H31N3S/c1-12(2)9-14(10-19(3)4)17-16-18-15-8-6-5-7-13(15)11-20-16/h12-15H,5-11H2,1-4H3,(H,17,18). The van der Waals surface area contributed by atoms with Crippen LogP contribution in [0, 0.1) is 11.8 Å². The molecule has 0 radical (unpaired) electrons. The third-order valence-electron chi connectivity index (χ3n) is 4.26. The normalized spacial score (nSPS) is 28.2. The van der Waals surface area contributed by atoms with E-state index in [1.165, 1.54) is 43.0 Å². The monoisotopic (exact) mass is 297 g/mol. The van der Waals surface area contributed by atoms with Gasteiger partial charge in [-0.1, -0.05) is 38.5 Å². The largest absolute Gasteiger partial charge is 0.361 e. The highest BCUT2D eigenvalue weighted by atomic mass is 32.2. The molecule has 0 spiro atoms. The second-order valence-electron chi connectivity index (χ2n) is 7.09. The average molecular weight is 298 g/mol. The lowest BCUT2D eigenvalue weighted by molar-refractivity contribution is 0.322. The van der Waals surface area contributed by atoms with Crippen molar-refractivity contribution in [2.24, 2.45) is 16.8 Å². The van der Waals surface area contributed by atoms with Crippen molar-refractivity contribution in [3.63, 3.8) is 0 Å². The maximum absolute atomic E-state index is 5.01. The zero-order valence-electron chi connectivity index (χ0n) is 13.6. The van der Waals surface area contributed by atoms with E-state index in [1.54, 1.807) is 0 Å². The number of nitrogens with one attached hydrogen (secondary N) is 1. The molecule has 3 unspecified atom stereocenters. The quantitative estimate of drug-likeness (QED) is 0.844. The molecule has 1 saturated carbocycles. The van der Waals surface area contributed by atoms with Crippen molar-refractivity contribution in [3.8, 4) is 0 Å². The van der Waals surface area contributed by atoms with Crippen LogP contribution in [0.3, 0.4) is 0 Å². The Bertz CT molecular complexity index is 318. The van der Waals surface area contributed by atoms with Crippen molar-refractivity contribution >= 4 is 16.9 Å². The molecule has 116 valence electrons. The van der Waals surface area contributed by atoms with Gasteiger partial charge in [0, 0.05) is 18.3 Å². The van der Waals surface area contributed by atoms with Gasteiger partial charge in [0.2, 0.25) is 0 Å². The van der Waals surface area contributed by atoms with Crippen LogP contribution in [0.1, 0.15) is 46.0 Å². The van der Waals surface area contributed by atoms with Crippen molar-refractivity contribution in [1.82, 2.24) is 10.2 Å². The first-order chi connectivity index (χ1) is 9.54. The number of thioether (sulfide) groups is 1. The van der Waals surface area contributed by atoms with Gasteiger partial charge in [-0.3, -0.25) is 4.99 Å². The molecule has 1 aliphatic heterocycles. The van der Waals surface area contributed by atoms with Crippen LogP contribution in [-0.4, -0.2) is 48.5 Å². The Hall–Kier alpha value is -0.220. The molecule has 1 aliphatic carbocycles. The summed E-state index contributed by atoms with van der Waals surface area (Å²) in [7, 11) is 4.31. The molecule has 0 amide bonds. The lowest BCUT2D eigenvalue weighted by Crippen LogP contribution is -2.44. The van der Waals surface area contributed by atoms with Crippen LogP contribution in [0.15, 0.2) is 4.99 Å². The van der Waals surface area contributed by atoms with E-state index in [2.05, 4.69) is 38.2 Å². The molecular formula is C16H31N3S. The van der Waals surface area contributed by atoms with Crippen molar-refractivity contribution in [1.29, 1.82) is 0 Å². The first-order valence-corrected chi connectivity index (χ1v) is 9.15. The topological polar surface area (TPSA) is 27.6 Å². The molecule has 1 fully saturated rings. The van der Waals surface area contributed by atoms with Crippen molar-refractivity contribution in [3.05, 3.63) is 0 Å². The maximum Gasteiger partial charge on any atom is 0.157 e. The molecule has 4 heteroatoms. The first-order valence-electron chi connectivity index (χ1n) is 8.16. The fourth-order valence-corrected chi connectivity index (χ4v) is 4.59. The SMILES string of the molecule is CC(C)CC(CN(C)C)NC1=NC2CCCCC2CS1. The van der Waals surface area contributed by atoms with Crippen LogP contribution in [0.5, 0.6) is 0 Å². The second kappa shape index (κ2) is 7.69. The Balaban J connectivity index is 1.93. The molecule has 1 N–H and O–H groups in total. The summed E-state index contributed by atoms with van der Waals surface area (Å²) in [6, 6.07) is 1.13. The van der Waals surface area contributed by atoms with E-state index >= 15 is 0 Å². The summed E-state index contributed by atoms with van der Waals surface area (Å²) in [5, 5.41) is 4.93. The molecular weight excluding hydrogens is 266 g/mol. The average Bonchev–Trinajstić information content (AvgIpc) is 2.37. The summed E-state index contributed by atoms with van der Waals surface area (Å²) in [5.74, 6) is 2.84. The van der Waals surface area contributed by atoms with E-state index in [1.807, 2.05) is 11.8 Å². The molecule has 1 heterocycles. The Morgan fingerprint density at radius 2 is 2.05 bits per heavy atom. The van der Waals surface area contributed by atoms with Gasteiger partial charge in [0.25, 0.3) is 0 Å². The highest BCUT2D eigenvalue weighted by Crippen LogP contribution is 2.33. The third-order valence-corrected chi connectivity index (χ3v) is 5.35. The van der Waals surface area contributed by atoms with Crippen LogP contribution >= 0.6 is 11.8 Å². The molecule has 0 saturated heterocycles. The minimum atomic E-state index is 0.524. The molecule has 3 nitrogen and oxygen atoms in total. The number of hydrogen-bond donors (Lipinski definition) is 1. The van der Waals surface area contributed by atoms with Crippen LogP contribution in [0.25, 0.3) is 0 Å². The van der Waals surface area contributed by atoms with Gasteiger partial charge in [-0.25, -0.2) is 0 Å². The highest BCUT2D eigenvalue weighted by molar-refractivity contribution is 8.13. The van der Waals surface area contributed by atoms with Gasteiger partial charge < -0.3 is 10.2 Å². The van der Waals surface area contributed by atoms with E-state index in [0.29, 0.717) is 12.1 Å². The summed E-state index contributed by atoms with van der Waals surface area (Å²) in [5.41, 5.74) is 0. The van der Waals surface area contributed by atoms with Crippen LogP contribution in [0.2, 0.25) is 0 Å². The van der Waals surface area contributed by atoms with E-state index < -0.39 is 0 Å². The van der Waals surface area contributed by atoms with E-state index in [-0.39, 0.29) is 0 Å². The van der Waals surface area contributed by atoms with Gasteiger partial charge in [0.1, 0.15) is 0 Å². The Morgan fingerprint density at radius 3 is 2.75 bits per heavy atom. The minimum absolute atomic E-state index is 0.524. The third kappa shape index (κ3) is 4.96. The lowest BCUT2D eigenvalue weighted by atomic mass is 9.86. The number of nitrogens with zero attached hydrogens (tertiary/aromatic N) is 2. The van der Waals surface area contributed by atoms with Gasteiger partial charge in [0.05, 0.1) is 6.04 Å². The number of hydrogen-bond acceptors (Lipinski definition) is 4. The Labute approximate surface area is 129 Å². The maximum atomic E-state index is 5.01. The number of rotatable bonds is 5. The summed E-state index contributed by atoms with van der Waals surface area (Å²) >= 11 is 1.95. The van der Waals surface area contributed by atoms with Crippen molar-refractivity contribution in [2.75, 3.05) is 26.4 Å². The van der Waals surface area contributed by atoms with Crippen molar-refractivity contribution in [2.45, 2.75) is 58.0 Å². The number of likely N-dealkylation sites (N-methyl/N-ethyl adjacent to an activating group) is 1. The van der Waals surface area contributed by atoms with E-state index in [0.717, 1.165) is 18.4 Å². The molecule has 2 aliphatic rings. The Morgan fingerprint density at radius 1 is 1.30 bits per heavy atom. The zero-order valence-corrected chi connectivity index (χ0v) is 14.4. The van der Waals surface area contributed by atoms with Crippen molar-refractivity contribution < 1.29 is 0 Å². The second-order valence-corrected chi connectivity index (χ2v) is 8.10. The highest BCUT2D eigenvalue weighted by Gasteiger charge is 2.29. The van der Waals surface area contributed by atoms with Crippen LogP contribution in [0.4, 0.5) is 0 Å². The van der Waals surface area contributed by atoms with Gasteiger partial charge in [-0.15, -0.1) is 0 Å². The molecule has 0 aromatic heterocycles. The molecule has 0 aromatic carbocycles. The lowest BCUT2D eigenvalue weighted by Gasteiger charge is -2.34. The summed E-state index contributed by atoms with van der Waals surface area (Å²) < 4.78 is 0. The first kappa shape index (κ1) is 16.2. The Kier molecular flexibility index (Phi) is 6.21. The fraction of sp³-hybridized carbons (Fsp3) is 0.938. The minimum Gasteiger partial charge on any atom is -0.361 e. The van der Waals surface area contributed by atoms with E-state index in [4.69, 9.17) is 4.99 Å². The molecule has 0 aromatic rings. The zero-order chi connectivity index (χ0) is 14.5. The number of aliphatic imine (C=N–C) groups is 1. The van der Waals surface area contributed by atoms with Crippen LogP contribution < -0.4 is 5.32 Å². The smallest absolute Gasteiger partial charge is 0.157 e. The predicted octanol–water partition coefficient (Wildman–Crippen LogP) is 3.21. The number of amidine groups is 1. The summed E-state index contributed by atoms with van der Waals surface area (Å²) in [6.45, 7) is 5.69. The van der Waals surface area contributed by atoms with Gasteiger partial charge in [-0.2, -0.15) is 0 Å². The fourth-order valence-electron chi connectivity index (χ4n) is 3.37. The molecule has 0 bridgehead atoms. The predicted molar refractivity (Wildman–Crippen MR) is 90.6 cm³/mol.